The highest BCUT2D eigenvalue weighted by atomic mass is 16.1. The number of benzene rings is 1. The summed E-state index contributed by atoms with van der Waals surface area (Å²) in [6.07, 6.45) is 6.11. The molecule has 1 aliphatic rings. The van der Waals surface area contributed by atoms with Gasteiger partial charge in [-0.2, -0.15) is 10.1 Å². The van der Waals surface area contributed by atoms with E-state index in [0.29, 0.717) is 35.4 Å². The summed E-state index contributed by atoms with van der Waals surface area (Å²) in [5, 5.41) is 12.5. The van der Waals surface area contributed by atoms with Gasteiger partial charge in [-0.3, -0.25) is 9.48 Å². The van der Waals surface area contributed by atoms with Gasteiger partial charge in [-0.1, -0.05) is 12.1 Å². The number of hydrogen-bond donors (Lipinski definition) is 2. The van der Waals surface area contributed by atoms with Crippen molar-refractivity contribution in [3.63, 3.8) is 0 Å². The Bertz CT molecular complexity index is 1680. The monoisotopic (exact) mass is 496 g/mol. The van der Waals surface area contributed by atoms with Crippen LogP contribution in [0.15, 0.2) is 66.2 Å². The molecule has 4 aromatic heterocycles. The lowest BCUT2D eigenvalue weighted by Gasteiger charge is -2.15. The number of likely N-dealkylation sites (tertiary alicyclic amines) is 1. The number of nitrogens with one attached hydrogen (secondary N) is 2. The fraction of sp³-hybridized carbons (Fsp3) is 0.269. The van der Waals surface area contributed by atoms with Gasteiger partial charge >= 0.3 is 0 Å². The van der Waals surface area contributed by atoms with Crippen molar-refractivity contribution in [1.29, 1.82) is 0 Å². The minimum absolute atomic E-state index is 0.198. The fourth-order valence-corrected chi connectivity index (χ4v) is 4.86. The molecule has 6 rings (SSSR count). The van der Waals surface area contributed by atoms with E-state index >= 15 is 0 Å². The van der Waals surface area contributed by atoms with E-state index in [-0.39, 0.29) is 5.56 Å². The number of fused-ring (bicyclic) bond motifs is 2. The van der Waals surface area contributed by atoms with Crippen LogP contribution in [0.1, 0.15) is 6.42 Å². The van der Waals surface area contributed by atoms with E-state index in [1.54, 1.807) is 21.6 Å². The van der Waals surface area contributed by atoms with Gasteiger partial charge in [0.05, 0.1) is 18.3 Å². The van der Waals surface area contributed by atoms with Crippen LogP contribution in [0.4, 0.5) is 17.5 Å². The standard InChI is InChI=1S/C26H28N10O/c1-4-11-35-25(37)20-15-27-26(30-18-8-9-21-17(13-18)14-28-34(21)3)32-24(20)36(35)23-7-5-6-22(31-23)29-19-10-12-33(2)16-19/h4-9,13-15,19H,1,10-12,16H2,2-3H3,(H,29,31)(H,27,30,32)/t19-/m0/s1. The van der Waals surface area contributed by atoms with E-state index in [1.807, 2.05) is 54.3 Å². The highest BCUT2D eigenvalue weighted by Crippen LogP contribution is 2.23. The summed E-state index contributed by atoms with van der Waals surface area (Å²) in [6.45, 7) is 6.16. The Labute approximate surface area is 213 Å². The second kappa shape index (κ2) is 9.17. The Morgan fingerprint density at radius 3 is 2.86 bits per heavy atom. The van der Waals surface area contributed by atoms with Crippen molar-refractivity contribution >= 4 is 39.4 Å². The first-order valence-corrected chi connectivity index (χ1v) is 12.2. The molecule has 0 spiro atoms. The minimum Gasteiger partial charge on any atom is -0.366 e. The van der Waals surface area contributed by atoms with E-state index < -0.39 is 0 Å². The zero-order valence-electron chi connectivity index (χ0n) is 20.8. The van der Waals surface area contributed by atoms with Crippen LogP contribution in [0.5, 0.6) is 0 Å². The molecule has 0 unspecified atom stereocenters. The molecule has 1 saturated heterocycles. The maximum Gasteiger partial charge on any atom is 0.278 e. The quantitative estimate of drug-likeness (QED) is 0.331. The maximum absolute atomic E-state index is 13.3. The van der Waals surface area contributed by atoms with Gasteiger partial charge < -0.3 is 15.5 Å². The first-order valence-electron chi connectivity index (χ1n) is 12.2. The third kappa shape index (κ3) is 4.23. The molecule has 5 aromatic rings. The molecule has 0 amide bonds. The predicted molar refractivity (Wildman–Crippen MR) is 145 cm³/mol. The Balaban J connectivity index is 1.40. The average Bonchev–Trinajstić information content (AvgIpc) is 3.55. The Hall–Kier alpha value is -4.51. The van der Waals surface area contributed by atoms with Crippen LogP contribution in [0, 0.1) is 0 Å². The molecule has 1 fully saturated rings. The number of nitrogens with zero attached hydrogens (tertiary/aromatic N) is 8. The number of pyridine rings is 1. The zero-order valence-corrected chi connectivity index (χ0v) is 20.8. The summed E-state index contributed by atoms with van der Waals surface area (Å²) >= 11 is 0. The van der Waals surface area contributed by atoms with Crippen molar-refractivity contribution < 1.29 is 0 Å². The molecule has 0 bridgehead atoms. The second-order valence-electron chi connectivity index (χ2n) is 9.36. The number of aromatic nitrogens is 7. The maximum atomic E-state index is 13.3. The van der Waals surface area contributed by atoms with Crippen LogP contribution in [-0.4, -0.2) is 65.2 Å². The molecular formula is C26H28N10O. The van der Waals surface area contributed by atoms with Crippen LogP contribution in [0.2, 0.25) is 0 Å². The number of allylic oxidation sites excluding steroid dienone is 1. The molecule has 1 aromatic carbocycles. The van der Waals surface area contributed by atoms with Gasteiger partial charge in [0.25, 0.3) is 5.56 Å². The molecule has 1 aliphatic heterocycles. The highest BCUT2D eigenvalue weighted by Gasteiger charge is 2.21. The fourth-order valence-electron chi connectivity index (χ4n) is 4.86. The van der Waals surface area contributed by atoms with Crippen molar-refractivity contribution in [3.8, 4) is 5.82 Å². The molecule has 11 heteroatoms. The molecule has 188 valence electrons. The van der Waals surface area contributed by atoms with E-state index in [9.17, 15) is 4.79 Å². The minimum atomic E-state index is -0.198. The SMILES string of the molecule is C=CCn1c(=O)c2cnc(Nc3ccc4c(cnn4C)c3)nc2n1-c1cccc(N[C@H]2CCN(C)C2)n1. The van der Waals surface area contributed by atoms with E-state index in [4.69, 9.17) is 9.97 Å². The van der Waals surface area contributed by atoms with Gasteiger partial charge in [-0.25, -0.2) is 19.3 Å². The van der Waals surface area contributed by atoms with Gasteiger partial charge in [0, 0.05) is 36.9 Å². The molecule has 11 nitrogen and oxygen atoms in total. The Morgan fingerprint density at radius 2 is 2.05 bits per heavy atom. The van der Waals surface area contributed by atoms with Gasteiger partial charge in [-0.15, -0.1) is 6.58 Å². The van der Waals surface area contributed by atoms with Crippen LogP contribution in [0.3, 0.4) is 0 Å². The average molecular weight is 497 g/mol. The molecule has 2 N–H and O–H groups in total. The summed E-state index contributed by atoms with van der Waals surface area (Å²) in [5.74, 6) is 1.73. The number of likely N-dealkylation sites (N-methyl/N-ethyl adjacent to an activating group) is 1. The smallest absolute Gasteiger partial charge is 0.278 e. The van der Waals surface area contributed by atoms with E-state index in [1.165, 1.54) is 0 Å². The zero-order chi connectivity index (χ0) is 25.5. The van der Waals surface area contributed by atoms with Crippen molar-refractivity contribution in [3.05, 3.63) is 71.8 Å². The summed E-state index contributed by atoms with van der Waals surface area (Å²) in [6, 6.07) is 12.0. The van der Waals surface area contributed by atoms with Crippen LogP contribution >= 0.6 is 0 Å². The number of rotatable bonds is 7. The topological polar surface area (TPSA) is 111 Å². The van der Waals surface area contributed by atoms with Gasteiger partial charge in [0.15, 0.2) is 11.5 Å². The third-order valence-corrected chi connectivity index (χ3v) is 6.67. The van der Waals surface area contributed by atoms with Gasteiger partial charge in [0.1, 0.15) is 11.2 Å². The normalized spacial score (nSPS) is 16.0. The van der Waals surface area contributed by atoms with Crippen LogP contribution < -0.4 is 16.2 Å². The summed E-state index contributed by atoms with van der Waals surface area (Å²) in [7, 11) is 4.02. The van der Waals surface area contributed by atoms with Crippen molar-refractivity contribution in [2.24, 2.45) is 7.05 Å². The van der Waals surface area contributed by atoms with E-state index in [0.717, 1.165) is 41.9 Å². The number of anilines is 3. The highest BCUT2D eigenvalue weighted by molar-refractivity contribution is 5.83. The number of aryl methyl sites for hydroxylation is 1. The van der Waals surface area contributed by atoms with Crippen LogP contribution in [-0.2, 0) is 13.6 Å². The first kappa shape index (κ1) is 22.9. The summed E-state index contributed by atoms with van der Waals surface area (Å²) in [4.78, 5) is 29.5. The lowest BCUT2D eigenvalue weighted by molar-refractivity contribution is 0.414. The lowest BCUT2D eigenvalue weighted by Crippen LogP contribution is -2.25. The Morgan fingerprint density at radius 1 is 1.16 bits per heavy atom. The molecule has 0 radical (unpaired) electrons. The van der Waals surface area contributed by atoms with E-state index in [2.05, 4.69) is 39.2 Å². The molecule has 37 heavy (non-hydrogen) atoms. The van der Waals surface area contributed by atoms with Crippen molar-refractivity contribution in [2.75, 3.05) is 30.8 Å². The predicted octanol–water partition coefficient (Wildman–Crippen LogP) is 2.91. The van der Waals surface area contributed by atoms with Crippen molar-refractivity contribution in [2.45, 2.75) is 19.0 Å². The number of hydrogen-bond acceptors (Lipinski definition) is 8. The molecule has 1 atom stereocenters. The van der Waals surface area contributed by atoms with Crippen molar-refractivity contribution in [1.82, 2.24) is 39.0 Å². The molecule has 0 saturated carbocycles. The lowest BCUT2D eigenvalue weighted by atomic mass is 10.2. The van der Waals surface area contributed by atoms with Crippen LogP contribution in [0.25, 0.3) is 27.8 Å². The third-order valence-electron chi connectivity index (χ3n) is 6.67. The summed E-state index contributed by atoms with van der Waals surface area (Å²) < 4.78 is 5.14. The molecule has 0 aliphatic carbocycles. The first-order chi connectivity index (χ1) is 18.0. The molecular weight excluding hydrogens is 468 g/mol. The molecule has 5 heterocycles. The second-order valence-corrected chi connectivity index (χ2v) is 9.36. The van der Waals surface area contributed by atoms with Gasteiger partial charge in [0.2, 0.25) is 5.95 Å². The van der Waals surface area contributed by atoms with Gasteiger partial charge in [-0.05, 0) is 50.3 Å². The Kier molecular flexibility index (Phi) is 5.68. The summed E-state index contributed by atoms with van der Waals surface area (Å²) in [5.41, 5.74) is 2.12. The largest absolute Gasteiger partial charge is 0.366 e.